The number of ether oxygens (including phenoxy) is 1. The van der Waals surface area contributed by atoms with Gasteiger partial charge in [0.1, 0.15) is 6.61 Å². The van der Waals surface area contributed by atoms with Crippen molar-refractivity contribution < 1.29 is 19.4 Å². The minimum absolute atomic E-state index is 0.0982. The van der Waals surface area contributed by atoms with E-state index >= 15 is 0 Å². The number of thiazole rings is 1. The second-order valence-electron chi connectivity index (χ2n) is 5.43. The van der Waals surface area contributed by atoms with Crippen LogP contribution in [0.25, 0.3) is 0 Å². The third kappa shape index (κ3) is 4.46. The zero-order chi connectivity index (χ0) is 18.4. The van der Waals surface area contributed by atoms with Crippen molar-refractivity contribution >= 4 is 28.5 Å². The van der Waals surface area contributed by atoms with Crippen LogP contribution in [0, 0.1) is 0 Å². The van der Waals surface area contributed by atoms with Gasteiger partial charge in [-0.1, -0.05) is 60.7 Å². The Morgan fingerprint density at radius 2 is 1.62 bits per heavy atom. The van der Waals surface area contributed by atoms with E-state index in [4.69, 9.17) is 9.84 Å². The lowest BCUT2D eigenvalue weighted by Gasteiger charge is -2.19. The molecule has 1 aromatic heterocycles. The number of hydrogen-bond donors (Lipinski definition) is 1. The molecule has 0 spiro atoms. The van der Waals surface area contributed by atoms with Crippen LogP contribution in [0.1, 0.15) is 21.6 Å². The van der Waals surface area contributed by atoms with Crippen molar-refractivity contribution in [2.75, 3.05) is 4.90 Å². The van der Waals surface area contributed by atoms with Gasteiger partial charge in [-0.2, -0.15) is 0 Å². The van der Waals surface area contributed by atoms with E-state index in [0.29, 0.717) is 0 Å². The zero-order valence-electron chi connectivity index (χ0n) is 13.7. The topological polar surface area (TPSA) is 79.7 Å². The third-order valence-corrected chi connectivity index (χ3v) is 4.41. The Morgan fingerprint density at radius 3 is 2.19 bits per heavy atom. The van der Waals surface area contributed by atoms with Crippen molar-refractivity contribution in [1.29, 1.82) is 0 Å². The molecule has 1 heterocycles. The molecule has 7 heteroatoms. The van der Waals surface area contributed by atoms with Crippen LogP contribution in [0.4, 0.5) is 9.93 Å². The van der Waals surface area contributed by atoms with Crippen LogP contribution < -0.4 is 4.90 Å². The number of hydrogen-bond acceptors (Lipinski definition) is 5. The van der Waals surface area contributed by atoms with Gasteiger partial charge < -0.3 is 9.84 Å². The van der Waals surface area contributed by atoms with Crippen molar-refractivity contribution in [3.05, 3.63) is 82.9 Å². The number of carboxylic acids is 1. The molecular formula is C19H16N2O4S. The number of carboxylic acid groups (broad SMARTS) is 1. The van der Waals surface area contributed by atoms with Gasteiger partial charge in [0.15, 0.2) is 10.8 Å². The lowest BCUT2D eigenvalue weighted by atomic mass is 10.2. The molecule has 6 nitrogen and oxygen atoms in total. The molecule has 0 radical (unpaired) electrons. The summed E-state index contributed by atoms with van der Waals surface area (Å²) >= 11 is 1.09. The van der Waals surface area contributed by atoms with Crippen LogP contribution in [-0.4, -0.2) is 22.2 Å². The number of nitrogens with zero attached hydrogens (tertiary/aromatic N) is 2. The van der Waals surface area contributed by atoms with Gasteiger partial charge in [0.25, 0.3) is 0 Å². The Hall–Kier alpha value is -3.19. The predicted molar refractivity (Wildman–Crippen MR) is 98.3 cm³/mol. The van der Waals surface area contributed by atoms with Gasteiger partial charge >= 0.3 is 12.1 Å². The predicted octanol–water partition coefficient (Wildman–Crippen LogP) is 4.18. The first kappa shape index (κ1) is 17.6. The number of anilines is 1. The molecule has 0 aliphatic heterocycles. The van der Waals surface area contributed by atoms with E-state index in [2.05, 4.69) is 4.98 Å². The summed E-state index contributed by atoms with van der Waals surface area (Å²) in [6.07, 6.45) is -0.580. The Bertz CT molecular complexity index is 881. The lowest BCUT2D eigenvalue weighted by Crippen LogP contribution is -2.31. The van der Waals surface area contributed by atoms with Crippen LogP contribution in [0.5, 0.6) is 0 Å². The number of aromatic nitrogens is 1. The molecule has 0 aliphatic carbocycles. The van der Waals surface area contributed by atoms with E-state index in [1.807, 2.05) is 60.7 Å². The molecule has 0 unspecified atom stereocenters. The van der Waals surface area contributed by atoms with E-state index < -0.39 is 12.1 Å². The van der Waals surface area contributed by atoms with Crippen LogP contribution in [0.15, 0.2) is 66.0 Å². The van der Waals surface area contributed by atoms with Gasteiger partial charge in [-0.3, -0.25) is 0 Å². The van der Waals surface area contributed by atoms with Gasteiger partial charge in [0.05, 0.1) is 6.54 Å². The molecule has 1 amide bonds. The average molecular weight is 368 g/mol. The molecule has 0 saturated carbocycles. The minimum Gasteiger partial charge on any atom is -0.476 e. The zero-order valence-corrected chi connectivity index (χ0v) is 14.6. The number of rotatable bonds is 6. The molecule has 0 bridgehead atoms. The first-order chi connectivity index (χ1) is 12.6. The van der Waals surface area contributed by atoms with Crippen LogP contribution in [0.2, 0.25) is 0 Å². The monoisotopic (exact) mass is 368 g/mol. The van der Waals surface area contributed by atoms with E-state index in [-0.39, 0.29) is 24.0 Å². The largest absolute Gasteiger partial charge is 0.476 e. The Morgan fingerprint density at radius 1 is 1.00 bits per heavy atom. The van der Waals surface area contributed by atoms with E-state index in [9.17, 15) is 9.59 Å². The van der Waals surface area contributed by atoms with Gasteiger partial charge in [-0.05, 0) is 11.1 Å². The van der Waals surface area contributed by atoms with Crippen LogP contribution >= 0.6 is 11.3 Å². The summed E-state index contributed by atoms with van der Waals surface area (Å²) in [6, 6.07) is 18.7. The Balaban J connectivity index is 1.79. The number of amides is 1. The fourth-order valence-electron chi connectivity index (χ4n) is 2.26. The highest BCUT2D eigenvalue weighted by Crippen LogP contribution is 2.24. The first-order valence-electron chi connectivity index (χ1n) is 7.84. The summed E-state index contributed by atoms with van der Waals surface area (Å²) in [5.41, 5.74) is 1.65. The maximum absolute atomic E-state index is 12.6. The molecule has 3 rings (SSSR count). The number of benzene rings is 2. The number of carbonyl (C=O) groups excluding carboxylic acids is 1. The van der Waals surface area contributed by atoms with Gasteiger partial charge in [0, 0.05) is 5.38 Å². The molecule has 132 valence electrons. The molecule has 0 aliphatic rings. The maximum Gasteiger partial charge on any atom is 0.416 e. The average Bonchev–Trinajstić information content (AvgIpc) is 3.16. The molecule has 2 aromatic carbocycles. The van der Waals surface area contributed by atoms with Crippen molar-refractivity contribution in [3.63, 3.8) is 0 Å². The van der Waals surface area contributed by atoms with Crippen molar-refractivity contribution in [2.24, 2.45) is 0 Å². The number of carbonyl (C=O) groups is 2. The molecule has 0 atom stereocenters. The molecule has 3 aromatic rings. The molecule has 1 N–H and O–H groups in total. The highest BCUT2D eigenvalue weighted by atomic mass is 32.1. The molecule has 26 heavy (non-hydrogen) atoms. The third-order valence-electron chi connectivity index (χ3n) is 3.55. The van der Waals surface area contributed by atoms with Crippen molar-refractivity contribution in [1.82, 2.24) is 4.98 Å². The Labute approximate surface area is 154 Å². The molecular weight excluding hydrogens is 352 g/mol. The van der Waals surface area contributed by atoms with Gasteiger partial charge in [-0.15, -0.1) is 11.3 Å². The smallest absolute Gasteiger partial charge is 0.416 e. The molecule has 0 saturated heterocycles. The standard InChI is InChI=1S/C19H16N2O4S/c22-17(23)16-13-26-18(20-16)21(11-14-7-3-1-4-8-14)19(24)25-12-15-9-5-2-6-10-15/h1-10,13H,11-12H2,(H,22,23). The van der Waals surface area contributed by atoms with Gasteiger partial charge in [-0.25, -0.2) is 19.5 Å². The van der Waals surface area contributed by atoms with Crippen molar-refractivity contribution in [3.8, 4) is 0 Å². The second-order valence-corrected chi connectivity index (χ2v) is 6.27. The van der Waals surface area contributed by atoms with E-state index in [1.54, 1.807) is 0 Å². The van der Waals surface area contributed by atoms with Crippen LogP contribution in [0.3, 0.4) is 0 Å². The number of aromatic carboxylic acids is 1. The normalized spacial score (nSPS) is 10.3. The Kier molecular flexibility index (Phi) is 5.60. The summed E-state index contributed by atoms with van der Waals surface area (Å²) in [4.78, 5) is 29.1. The highest BCUT2D eigenvalue weighted by molar-refractivity contribution is 7.14. The van der Waals surface area contributed by atoms with E-state index in [0.717, 1.165) is 22.5 Å². The van der Waals surface area contributed by atoms with Crippen molar-refractivity contribution in [2.45, 2.75) is 13.2 Å². The second kappa shape index (κ2) is 8.26. The van der Waals surface area contributed by atoms with Gasteiger partial charge in [0.2, 0.25) is 0 Å². The molecule has 0 fully saturated rings. The summed E-state index contributed by atoms with van der Waals surface area (Å²) in [5, 5.41) is 10.8. The fourth-order valence-corrected chi connectivity index (χ4v) is 3.05. The summed E-state index contributed by atoms with van der Waals surface area (Å²) < 4.78 is 5.39. The summed E-state index contributed by atoms with van der Waals surface area (Å²) in [7, 11) is 0. The fraction of sp³-hybridized carbons (Fsp3) is 0.105. The van der Waals surface area contributed by atoms with E-state index in [1.165, 1.54) is 10.3 Å². The SMILES string of the molecule is O=C(O)c1csc(N(Cc2ccccc2)C(=O)OCc2ccccc2)n1. The highest BCUT2D eigenvalue weighted by Gasteiger charge is 2.22. The summed E-state index contributed by atoms with van der Waals surface area (Å²) in [5.74, 6) is -1.13. The lowest BCUT2D eigenvalue weighted by molar-refractivity contribution is 0.0691. The maximum atomic E-state index is 12.6. The minimum atomic E-state index is -1.13. The van der Waals surface area contributed by atoms with Crippen LogP contribution in [-0.2, 0) is 17.9 Å². The summed E-state index contributed by atoms with van der Waals surface area (Å²) in [6.45, 7) is 0.364. The first-order valence-corrected chi connectivity index (χ1v) is 8.72. The quantitative estimate of drug-likeness (QED) is 0.706.